The Kier molecular flexibility index (Phi) is 6.31. The van der Waals surface area contributed by atoms with Crippen LogP contribution in [0.15, 0.2) is 47.4 Å². The number of hydrogen-bond donors (Lipinski definition) is 1. The Hall–Kier alpha value is -2.48. The number of alkyl halides is 3. The predicted molar refractivity (Wildman–Crippen MR) is 93.2 cm³/mol. The highest BCUT2D eigenvalue weighted by atomic mass is 32.2. The Morgan fingerprint density at radius 3 is 2.15 bits per heavy atom. The highest BCUT2D eigenvalue weighted by molar-refractivity contribution is 8.00. The number of para-hydroxylation sites is 1. The molecule has 0 heterocycles. The van der Waals surface area contributed by atoms with Gasteiger partial charge in [-0.1, -0.05) is 18.2 Å². The highest BCUT2D eigenvalue weighted by Gasteiger charge is 2.29. The van der Waals surface area contributed by atoms with E-state index < -0.39 is 24.0 Å². The van der Waals surface area contributed by atoms with Crippen molar-refractivity contribution in [1.29, 1.82) is 0 Å². The normalized spacial score (nSPS) is 11.1. The Labute approximate surface area is 152 Å². The van der Waals surface area contributed by atoms with E-state index >= 15 is 0 Å². The van der Waals surface area contributed by atoms with Crippen LogP contribution in [-0.2, 0) is 9.53 Å². The van der Waals surface area contributed by atoms with Gasteiger partial charge in [-0.3, -0.25) is 4.79 Å². The van der Waals surface area contributed by atoms with Gasteiger partial charge in [0, 0.05) is 10.6 Å². The maximum absolute atomic E-state index is 12.3. The lowest BCUT2D eigenvalue weighted by Crippen LogP contribution is -2.21. The lowest BCUT2D eigenvalue weighted by Gasteiger charge is -2.11. The first kappa shape index (κ1) is 19.8. The summed E-state index contributed by atoms with van der Waals surface area (Å²) in [6, 6.07) is 10.3. The minimum absolute atomic E-state index is 0.0400. The second-order valence-corrected chi connectivity index (χ2v) is 6.60. The van der Waals surface area contributed by atoms with Crippen LogP contribution in [0, 0.1) is 13.8 Å². The van der Waals surface area contributed by atoms with Crippen LogP contribution in [0.5, 0.6) is 0 Å². The number of hydrogen-bond acceptors (Lipinski definition) is 4. The van der Waals surface area contributed by atoms with Gasteiger partial charge in [0.05, 0.1) is 5.56 Å². The standard InChI is InChI=1S/C18H16F3NO3S/c1-11-4-3-5-12(2)16(11)22-15(23)10-25-17(24)13-6-8-14(9-7-13)26-18(19,20)21/h3-9H,10H2,1-2H3,(H,22,23). The number of benzene rings is 2. The number of nitrogens with one attached hydrogen (secondary N) is 1. The number of rotatable bonds is 5. The number of carbonyl (C=O) groups excluding carboxylic acids is 2. The Balaban J connectivity index is 1.91. The summed E-state index contributed by atoms with van der Waals surface area (Å²) in [5, 5.41) is 2.68. The second kappa shape index (κ2) is 8.27. The van der Waals surface area contributed by atoms with Crippen LogP contribution in [0.2, 0.25) is 0 Å². The van der Waals surface area contributed by atoms with Crippen molar-refractivity contribution in [1.82, 2.24) is 0 Å². The molecule has 0 saturated carbocycles. The summed E-state index contributed by atoms with van der Waals surface area (Å²) in [5.74, 6) is -1.29. The van der Waals surface area contributed by atoms with E-state index in [0.717, 1.165) is 11.1 Å². The molecule has 2 aromatic rings. The third-order valence-electron chi connectivity index (χ3n) is 3.40. The lowest BCUT2D eigenvalue weighted by atomic mass is 10.1. The van der Waals surface area contributed by atoms with Gasteiger partial charge in [0.1, 0.15) is 0 Å². The van der Waals surface area contributed by atoms with Crippen molar-refractivity contribution in [2.24, 2.45) is 0 Å². The quantitative estimate of drug-likeness (QED) is 0.600. The minimum Gasteiger partial charge on any atom is -0.452 e. The number of anilines is 1. The van der Waals surface area contributed by atoms with Gasteiger partial charge in [0.25, 0.3) is 5.91 Å². The zero-order chi connectivity index (χ0) is 19.3. The van der Waals surface area contributed by atoms with E-state index in [0.29, 0.717) is 5.69 Å². The smallest absolute Gasteiger partial charge is 0.446 e. The van der Waals surface area contributed by atoms with E-state index in [9.17, 15) is 22.8 Å². The van der Waals surface area contributed by atoms with E-state index in [1.165, 1.54) is 24.3 Å². The first-order valence-corrected chi connectivity index (χ1v) is 8.36. The van der Waals surface area contributed by atoms with Crippen LogP contribution in [0.25, 0.3) is 0 Å². The molecule has 0 aromatic heterocycles. The van der Waals surface area contributed by atoms with Crippen LogP contribution in [0.4, 0.5) is 18.9 Å². The molecule has 2 rings (SSSR count). The molecule has 0 atom stereocenters. The van der Waals surface area contributed by atoms with Gasteiger partial charge >= 0.3 is 11.5 Å². The van der Waals surface area contributed by atoms with Gasteiger partial charge in [-0.2, -0.15) is 13.2 Å². The molecular formula is C18H16F3NO3S. The molecule has 8 heteroatoms. The van der Waals surface area contributed by atoms with Gasteiger partial charge in [0.15, 0.2) is 6.61 Å². The van der Waals surface area contributed by atoms with Crippen LogP contribution >= 0.6 is 11.8 Å². The van der Waals surface area contributed by atoms with Crippen molar-refractivity contribution in [2.75, 3.05) is 11.9 Å². The topological polar surface area (TPSA) is 55.4 Å². The van der Waals surface area contributed by atoms with Gasteiger partial charge in [-0.15, -0.1) is 0 Å². The Morgan fingerprint density at radius 2 is 1.62 bits per heavy atom. The number of amides is 1. The first-order chi connectivity index (χ1) is 12.2. The van der Waals surface area contributed by atoms with Crippen molar-refractivity contribution >= 4 is 29.3 Å². The average molecular weight is 383 g/mol. The molecule has 0 aliphatic heterocycles. The molecule has 2 aromatic carbocycles. The summed E-state index contributed by atoms with van der Waals surface area (Å²) >= 11 is -0.273. The molecule has 26 heavy (non-hydrogen) atoms. The second-order valence-electron chi connectivity index (χ2n) is 5.46. The van der Waals surface area contributed by atoms with Crippen molar-refractivity contribution < 1.29 is 27.5 Å². The number of esters is 1. The van der Waals surface area contributed by atoms with E-state index in [4.69, 9.17) is 4.74 Å². The Morgan fingerprint density at radius 1 is 1.04 bits per heavy atom. The molecular weight excluding hydrogens is 367 g/mol. The number of aryl methyl sites for hydroxylation is 2. The number of halogens is 3. The third kappa shape index (κ3) is 5.80. The molecule has 0 unspecified atom stereocenters. The lowest BCUT2D eigenvalue weighted by molar-refractivity contribution is -0.119. The summed E-state index contributed by atoms with van der Waals surface area (Å²) in [4.78, 5) is 23.8. The number of carbonyl (C=O) groups is 2. The SMILES string of the molecule is Cc1cccc(C)c1NC(=O)COC(=O)c1ccc(SC(F)(F)F)cc1. The summed E-state index contributed by atoms with van der Waals surface area (Å²) in [7, 11) is 0. The van der Waals surface area contributed by atoms with E-state index in [-0.39, 0.29) is 22.2 Å². The van der Waals surface area contributed by atoms with E-state index in [2.05, 4.69) is 5.32 Å². The summed E-state index contributed by atoms with van der Waals surface area (Å²) < 4.78 is 41.7. The highest BCUT2D eigenvalue weighted by Crippen LogP contribution is 2.36. The maximum Gasteiger partial charge on any atom is 0.446 e. The van der Waals surface area contributed by atoms with Crippen LogP contribution in [0.1, 0.15) is 21.5 Å². The van der Waals surface area contributed by atoms with Crippen molar-refractivity contribution in [3.63, 3.8) is 0 Å². The number of thioether (sulfide) groups is 1. The van der Waals surface area contributed by atoms with Gasteiger partial charge in [0.2, 0.25) is 0 Å². The minimum atomic E-state index is -4.40. The van der Waals surface area contributed by atoms with Gasteiger partial charge in [-0.05, 0) is 61.0 Å². The molecule has 0 aliphatic carbocycles. The summed E-state index contributed by atoms with van der Waals surface area (Å²) in [6.45, 7) is 3.19. The summed E-state index contributed by atoms with van der Waals surface area (Å²) in [6.07, 6.45) is 0. The monoisotopic (exact) mass is 383 g/mol. The zero-order valence-corrected chi connectivity index (χ0v) is 14.8. The maximum atomic E-state index is 12.3. The molecule has 0 spiro atoms. The zero-order valence-electron chi connectivity index (χ0n) is 14.0. The van der Waals surface area contributed by atoms with Crippen LogP contribution in [-0.4, -0.2) is 24.0 Å². The molecule has 4 nitrogen and oxygen atoms in total. The molecule has 1 N–H and O–H groups in total. The third-order valence-corrected chi connectivity index (χ3v) is 4.14. The van der Waals surface area contributed by atoms with Crippen molar-refractivity contribution in [3.05, 3.63) is 59.2 Å². The van der Waals surface area contributed by atoms with Crippen LogP contribution < -0.4 is 5.32 Å². The predicted octanol–water partition coefficient (Wildman–Crippen LogP) is 4.71. The largest absolute Gasteiger partial charge is 0.452 e. The molecule has 0 radical (unpaired) electrons. The number of ether oxygens (including phenoxy) is 1. The molecule has 0 bridgehead atoms. The van der Waals surface area contributed by atoms with Crippen molar-refractivity contribution in [2.45, 2.75) is 24.3 Å². The molecule has 0 aliphatic rings. The molecule has 1 amide bonds. The van der Waals surface area contributed by atoms with Gasteiger partial charge < -0.3 is 10.1 Å². The van der Waals surface area contributed by atoms with E-state index in [1.54, 1.807) is 0 Å². The fourth-order valence-electron chi connectivity index (χ4n) is 2.19. The molecule has 0 fully saturated rings. The molecule has 138 valence electrons. The fraction of sp³-hybridized carbons (Fsp3) is 0.222. The Bertz CT molecular complexity index is 784. The summed E-state index contributed by atoms with van der Waals surface area (Å²) in [5.41, 5.74) is -1.92. The van der Waals surface area contributed by atoms with Crippen LogP contribution in [0.3, 0.4) is 0 Å². The van der Waals surface area contributed by atoms with E-state index in [1.807, 2.05) is 32.0 Å². The van der Waals surface area contributed by atoms with Gasteiger partial charge in [-0.25, -0.2) is 4.79 Å². The fourth-order valence-corrected chi connectivity index (χ4v) is 2.73. The average Bonchev–Trinajstić information content (AvgIpc) is 2.55. The molecule has 0 saturated heterocycles. The first-order valence-electron chi connectivity index (χ1n) is 7.55. The van der Waals surface area contributed by atoms with Crippen molar-refractivity contribution in [3.8, 4) is 0 Å².